The minimum absolute atomic E-state index is 0.0126. The molecule has 12 rings (SSSR count). The summed E-state index contributed by atoms with van der Waals surface area (Å²) in [5.74, 6) is -4.97. The number of para-hydroxylation sites is 2. The first kappa shape index (κ1) is 106. The van der Waals surface area contributed by atoms with Crippen LogP contribution in [0.1, 0.15) is 213 Å². The molecular weight excluding hydrogens is 1790 g/mol. The van der Waals surface area contributed by atoms with E-state index >= 15 is 0 Å². The van der Waals surface area contributed by atoms with E-state index in [1.165, 1.54) is 76.9 Å². The summed E-state index contributed by atoms with van der Waals surface area (Å²) < 4.78 is 35.6. The van der Waals surface area contributed by atoms with Gasteiger partial charge in [0, 0.05) is 103 Å². The third-order valence-corrected chi connectivity index (χ3v) is 31.9. The SMILES string of the molecule is CC[C@@H](C)C(=O)N[C@H]1CCO[C@H]2CC(C)(C)C(C(=O)Nc3ccccc3SSc3ccccc3CC(=O)C3N4C(=O)[C@@H](CC(=O)[C@H](C)NC)CCO[C@H]4CC3(C)C)N2C1=O.C[C@@H](C(=O)C[C@H]1CCO[C@H]2CC(C)(C)C(C(=O)Cc3ccccc3SSc3ccccc3NC(=O)C3N4C(=O)[C@@H](NC(=O)[C@H](C)N(C)C(=O)OC(C)(C)C)CCO[C@H]4CC3(C)C)N2C1=O)N(C)C(=O)OC(C)(C)C. The number of likely N-dealkylation sites (N-methyl/N-ethyl adjacent to an activating group) is 3. The van der Waals surface area contributed by atoms with Crippen molar-refractivity contribution in [1.82, 2.24) is 45.3 Å². The van der Waals surface area contributed by atoms with Gasteiger partial charge in [-0.15, -0.1) is 0 Å². The molecule has 5 N–H and O–H groups in total. The van der Waals surface area contributed by atoms with Crippen LogP contribution in [-0.2, 0) is 98.8 Å². The van der Waals surface area contributed by atoms with E-state index in [2.05, 4.69) is 26.6 Å². The molecule has 4 aromatic rings. The number of hydrogen-bond acceptors (Lipinski definition) is 25. The van der Waals surface area contributed by atoms with Crippen molar-refractivity contribution >= 4 is 137 Å². The molecule has 0 aromatic heterocycles. The predicted octanol–water partition coefficient (Wildman–Crippen LogP) is 13.9. The maximum atomic E-state index is 14.7. The Hall–Kier alpha value is -8.94. The molecule has 8 fully saturated rings. The molecule has 0 bridgehead atoms. The van der Waals surface area contributed by atoms with E-state index in [1.54, 1.807) is 91.3 Å². The lowest BCUT2D eigenvalue weighted by Crippen LogP contribution is -2.57. The molecule has 8 aliphatic rings. The average Bonchev–Trinajstić information content (AvgIpc) is 1.61. The number of hydrogen-bond donors (Lipinski definition) is 5. The normalized spacial score (nSPS) is 25.5. The van der Waals surface area contributed by atoms with E-state index in [1.807, 2.05) is 154 Å². The lowest BCUT2D eigenvalue weighted by Gasteiger charge is -2.34. The van der Waals surface area contributed by atoms with Crippen LogP contribution in [0.3, 0.4) is 0 Å². The lowest BCUT2D eigenvalue weighted by atomic mass is 9.80. The number of Topliss-reactive ketones (excluding diaryl/α,β-unsaturated/α-hetero) is 4. The van der Waals surface area contributed by atoms with E-state index < -0.39 is 148 Å². The second-order valence-corrected chi connectivity index (χ2v) is 45.8. The number of carbonyl (C=O) groups is 14. The molecule has 0 spiro atoms. The Morgan fingerprint density at radius 3 is 1.13 bits per heavy atom. The van der Waals surface area contributed by atoms with Gasteiger partial charge in [-0.3, -0.25) is 62.4 Å². The van der Waals surface area contributed by atoms with E-state index in [0.717, 1.165) is 25.8 Å². The van der Waals surface area contributed by atoms with Crippen molar-refractivity contribution in [1.29, 1.82) is 0 Å². The number of nitrogens with zero attached hydrogens (tertiary/aromatic N) is 6. The molecule has 31 nitrogen and oxygen atoms in total. The summed E-state index contributed by atoms with van der Waals surface area (Å²) >= 11 is 0. The molecule has 0 aliphatic carbocycles. The zero-order valence-electron chi connectivity index (χ0n) is 81.5. The monoisotopic (exact) mass is 1930 g/mol. The van der Waals surface area contributed by atoms with Crippen LogP contribution in [0.2, 0.25) is 0 Å². The van der Waals surface area contributed by atoms with Gasteiger partial charge in [0.25, 0.3) is 0 Å². The first-order valence-corrected chi connectivity index (χ1v) is 50.9. The summed E-state index contributed by atoms with van der Waals surface area (Å²) in [5, 5.41) is 14.9. The average molecular weight is 1930 g/mol. The smallest absolute Gasteiger partial charge is 0.410 e. The Balaban J connectivity index is 0.000000263. The highest BCUT2D eigenvalue weighted by Gasteiger charge is 2.60. The number of ether oxygens (including phenoxy) is 6. The fourth-order valence-electron chi connectivity index (χ4n) is 18.9. The molecule has 8 saturated heterocycles. The summed E-state index contributed by atoms with van der Waals surface area (Å²) in [6.07, 6.45) is -0.0463. The number of ketones is 4. The van der Waals surface area contributed by atoms with Crippen LogP contribution in [0.4, 0.5) is 21.0 Å². The molecular formula is C99H137N11O20S4. The molecule has 732 valence electrons. The van der Waals surface area contributed by atoms with Crippen LogP contribution in [-0.4, -0.2) is 250 Å². The number of rotatable bonds is 30. The maximum absolute atomic E-state index is 14.7. The van der Waals surface area contributed by atoms with Crippen molar-refractivity contribution in [2.24, 2.45) is 39.4 Å². The van der Waals surface area contributed by atoms with Crippen LogP contribution in [0.25, 0.3) is 0 Å². The highest BCUT2D eigenvalue weighted by Crippen LogP contribution is 2.51. The molecule has 8 heterocycles. The third kappa shape index (κ3) is 25.0. The van der Waals surface area contributed by atoms with Crippen molar-refractivity contribution in [2.45, 2.75) is 325 Å². The highest BCUT2D eigenvalue weighted by molar-refractivity contribution is 8.77. The second-order valence-electron chi connectivity index (χ2n) is 41.3. The Morgan fingerprint density at radius 1 is 0.440 bits per heavy atom. The molecule has 4 unspecified atom stereocenters. The van der Waals surface area contributed by atoms with Crippen LogP contribution in [0, 0.1) is 39.4 Å². The fourth-order valence-corrected chi connectivity index (χ4v) is 23.6. The molecule has 35 heteroatoms. The predicted molar refractivity (Wildman–Crippen MR) is 512 cm³/mol. The molecule has 16 atom stereocenters. The van der Waals surface area contributed by atoms with E-state index in [9.17, 15) is 67.1 Å². The highest BCUT2D eigenvalue weighted by atomic mass is 33.1. The fraction of sp³-hybridized carbons (Fsp3) is 0.616. The molecule has 8 aliphatic heterocycles. The lowest BCUT2D eigenvalue weighted by molar-refractivity contribution is -0.150. The van der Waals surface area contributed by atoms with Crippen molar-refractivity contribution in [3.05, 3.63) is 108 Å². The van der Waals surface area contributed by atoms with Crippen LogP contribution < -0.4 is 26.6 Å². The Kier molecular flexibility index (Phi) is 34.5. The van der Waals surface area contributed by atoms with Crippen molar-refractivity contribution in [3.8, 4) is 0 Å². The van der Waals surface area contributed by atoms with E-state index in [-0.39, 0.29) is 117 Å². The maximum Gasteiger partial charge on any atom is 0.410 e. The van der Waals surface area contributed by atoms with Crippen molar-refractivity contribution < 1.29 is 95.5 Å². The van der Waals surface area contributed by atoms with Gasteiger partial charge >= 0.3 is 12.2 Å². The second kappa shape index (κ2) is 43.8. The summed E-state index contributed by atoms with van der Waals surface area (Å²) in [6, 6.07) is 22.6. The minimum Gasteiger partial charge on any atom is -0.444 e. The van der Waals surface area contributed by atoms with Gasteiger partial charge < -0.3 is 79.5 Å². The standard InChI is InChI=1S/C54H76N6O12S2.C45H61N5O8S2/c1-31(57(13)49(67)71-51(3,4)5)37(61)28-34-23-25-69-41-29-53(9,10)43(59(41)47(34)65)38(62)27-33-19-15-17-21-39(33)73-74-40-22-18-16-20-35(40)55-46(64)44-54(11,12)30-42-60(44)48(66)36(24-26-70-42)56-45(63)32(2)58(14)50(68)72-52(6,7)8;1-9-26(2)40(53)48-31-19-21-58-37-25-45(6,7)39(50(37)43(31)56)41(54)47-30-15-11-13-17-35(30)60-59-34-16-12-10-14-28(34)22-33(52)38-44(4,5)24-36-49(38)42(55)29(18-20-57-36)23-32(51)27(3)46-8/h15-22,31-32,34,36,41-44H,23-30H2,1-14H3,(H,55,64)(H,56,63);10-17,26-27,29,31,36-39,46H,9,18-25H2,1-8H3,(H,47,54)(H,48,53)/t31-,32-,34+,36-,41-,42-,43?,44?;26-,27+,29-,31+,36+,37+,38?,39?/m01/s1. The molecule has 134 heavy (non-hydrogen) atoms. The zero-order valence-corrected chi connectivity index (χ0v) is 84.7. The Labute approximate surface area is 803 Å². The van der Waals surface area contributed by atoms with E-state index in [4.69, 9.17) is 28.4 Å². The topological polar surface area (TPSA) is 374 Å². The number of amides is 10. The number of anilines is 2. The largest absolute Gasteiger partial charge is 0.444 e. The third-order valence-electron chi connectivity index (χ3n) is 26.8. The van der Waals surface area contributed by atoms with Gasteiger partial charge in [0.05, 0.1) is 48.8 Å². The summed E-state index contributed by atoms with van der Waals surface area (Å²) in [4.78, 5) is 205. The molecule has 0 radical (unpaired) electrons. The van der Waals surface area contributed by atoms with Crippen LogP contribution >= 0.6 is 43.2 Å². The number of fused-ring (bicyclic) bond motifs is 4. The zero-order chi connectivity index (χ0) is 98.3. The summed E-state index contributed by atoms with van der Waals surface area (Å²) in [6.45, 7) is 35.7. The van der Waals surface area contributed by atoms with Gasteiger partial charge in [0.15, 0.2) is 17.3 Å². The van der Waals surface area contributed by atoms with Crippen LogP contribution in [0.15, 0.2) is 117 Å². The first-order valence-electron chi connectivity index (χ1n) is 46.6. The number of nitrogens with one attached hydrogen (secondary N) is 5. The van der Waals surface area contributed by atoms with Crippen molar-refractivity contribution in [3.63, 3.8) is 0 Å². The van der Waals surface area contributed by atoms with Crippen molar-refractivity contribution in [2.75, 3.05) is 58.2 Å². The van der Waals surface area contributed by atoms with Gasteiger partial charge in [0.1, 0.15) is 72.1 Å². The summed E-state index contributed by atoms with van der Waals surface area (Å²) in [5.41, 5.74) is -1.41. The summed E-state index contributed by atoms with van der Waals surface area (Å²) in [7, 11) is 10.4. The minimum atomic E-state index is -1.01. The Bertz CT molecular complexity index is 4730. The molecule has 0 saturated carbocycles. The van der Waals surface area contributed by atoms with Gasteiger partial charge in [-0.2, -0.15) is 0 Å². The van der Waals surface area contributed by atoms with Gasteiger partial charge in [-0.1, -0.05) is 173 Å². The van der Waals surface area contributed by atoms with Crippen LogP contribution in [0.5, 0.6) is 0 Å². The number of benzene rings is 4. The van der Waals surface area contributed by atoms with Gasteiger partial charge in [-0.05, 0) is 183 Å². The first-order chi connectivity index (χ1) is 62.9. The van der Waals surface area contributed by atoms with Gasteiger partial charge in [-0.25, -0.2) is 9.59 Å². The molecule has 10 amide bonds. The number of carbonyl (C=O) groups excluding carboxylic acids is 14. The van der Waals surface area contributed by atoms with E-state index in [0.29, 0.717) is 74.2 Å². The van der Waals surface area contributed by atoms with Gasteiger partial charge in [0.2, 0.25) is 47.3 Å². The Morgan fingerprint density at radius 2 is 0.761 bits per heavy atom. The molecule has 4 aromatic carbocycles. The quantitative estimate of drug-likeness (QED) is 0.0303.